The zero-order chi connectivity index (χ0) is 15.0. The van der Waals surface area contributed by atoms with Gasteiger partial charge in [-0.2, -0.15) is 0 Å². The van der Waals surface area contributed by atoms with Gasteiger partial charge in [0.05, 0.1) is 11.3 Å². The Kier molecular flexibility index (Phi) is 3.31. The van der Waals surface area contributed by atoms with Crippen molar-refractivity contribution in [3.8, 4) is 0 Å². The molecule has 0 radical (unpaired) electrons. The summed E-state index contributed by atoms with van der Waals surface area (Å²) in [5, 5.41) is 17.2. The van der Waals surface area contributed by atoms with Crippen molar-refractivity contribution in [2.75, 3.05) is 17.2 Å². The molecule has 1 heterocycles. The van der Waals surface area contributed by atoms with Crippen LogP contribution in [-0.2, 0) is 11.2 Å². The maximum Gasteiger partial charge on any atom is 0.292 e. The molecule has 1 amide bonds. The van der Waals surface area contributed by atoms with Crippen molar-refractivity contribution in [1.29, 1.82) is 0 Å². The first-order valence-corrected chi connectivity index (χ1v) is 7.38. The molecule has 112 valence electrons. The Hall–Kier alpha value is -2.11. The molecule has 1 aromatic rings. The van der Waals surface area contributed by atoms with Crippen LogP contribution in [0.25, 0.3) is 0 Å². The van der Waals surface area contributed by atoms with Crippen molar-refractivity contribution in [3.05, 3.63) is 27.8 Å². The standard InChI is InChI=1S/C15H19N3O3/c1-2-3-15(4-5-15)9-16-12-8-11-10(7-14(19)17-11)6-13(12)18(20)21/h6,8,16H,2-5,7,9H2,1H3,(H,17,19). The van der Waals surface area contributed by atoms with E-state index in [0.29, 0.717) is 22.4 Å². The van der Waals surface area contributed by atoms with E-state index in [2.05, 4.69) is 17.6 Å². The second kappa shape index (κ2) is 5.02. The van der Waals surface area contributed by atoms with Gasteiger partial charge in [0.15, 0.2) is 0 Å². The van der Waals surface area contributed by atoms with E-state index in [1.165, 1.54) is 18.9 Å². The number of nitrogens with one attached hydrogen (secondary N) is 2. The third-order valence-corrected chi connectivity index (χ3v) is 4.43. The fourth-order valence-corrected chi connectivity index (χ4v) is 3.06. The molecule has 1 aliphatic carbocycles. The van der Waals surface area contributed by atoms with Crippen molar-refractivity contribution in [2.45, 2.75) is 39.0 Å². The van der Waals surface area contributed by atoms with E-state index >= 15 is 0 Å². The van der Waals surface area contributed by atoms with Crippen LogP contribution in [0, 0.1) is 15.5 Å². The highest BCUT2D eigenvalue weighted by molar-refractivity contribution is 6.00. The van der Waals surface area contributed by atoms with Gasteiger partial charge in [-0.3, -0.25) is 14.9 Å². The maximum atomic E-state index is 11.4. The normalized spacial score (nSPS) is 18.0. The lowest BCUT2D eigenvalue weighted by atomic mass is 10.0. The zero-order valence-electron chi connectivity index (χ0n) is 12.1. The summed E-state index contributed by atoms with van der Waals surface area (Å²) in [7, 11) is 0. The van der Waals surface area contributed by atoms with Crippen LogP contribution in [0.3, 0.4) is 0 Å². The Morgan fingerprint density at radius 2 is 2.19 bits per heavy atom. The smallest absolute Gasteiger partial charge is 0.292 e. The molecular formula is C15H19N3O3. The Morgan fingerprint density at radius 3 is 2.81 bits per heavy atom. The minimum absolute atomic E-state index is 0.0533. The number of carbonyl (C=O) groups is 1. The predicted molar refractivity (Wildman–Crippen MR) is 80.5 cm³/mol. The molecule has 0 aromatic heterocycles. The van der Waals surface area contributed by atoms with E-state index in [0.717, 1.165) is 19.4 Å². The zero-order valence-corrected chi connectivity index (χ0v) is 12.1. The van der Waals surface area contributed by atoms with Crippen molar-refractivity contribution in [2.24, 2.45) is 5.41 Å². The van der Waals surface area contributed by atoms with Crippen LogP contribution in [0.15, 0.2) is 12.1 Å². The van der Waals surface area contributed by atoms with Gasteiger partial charge in [0, 0.05) is 18.3 Å². The molecule has 21 heavy (non-hydrogen) atoms. The average Bonchev–Trinajstić information content (AvgIpc) is 3.09. The van der Waals surface area contributed by atoms with Gasteiger partial charge in [-0.25, -0.2) is 0 Å². The molecule has 1 saturated carbocycles. The summed E-state index contributed by atoms with van der Waals surface area (Å²) in [6, 6.07) is 3.20. The number of benzene rings is 1. The van der Waals surface area contributed by atoms with Crippen LogP contribution in [0.5, 0.6) is 0 Å². The van der Waals surface area contributed by atoms with E-state index in [-0.39, 0.29) is 22.9 Å². The Balaban J connectivity index is 1.82. The number of nitro benzene ring substituents is 1. The first kappa shape index (κ1) is 13.9. The van der Waals surface area contributed by atoms with Gasteiger partial charge in [-0.1, -0.05) is 13.3 Å². The summed E-state index contributed by atoms with van der Waals surface area (Å²) in [5.41, 5.74) is 2.26. The molecule has 0 spiro atoms. The Bertz CT molecular complexity index is 608. The number of nitrogens with zero attached hydrogens (tertiary/aromatic N) is 1. The fraction of sp³-hybridized carbons (Fsp3) is 0.533. The average molecular weight is 289 g/mol. The minimum atomic E-state index is -0.384. The largest absolute Gasteiger partial charge is 0.379 e. The molecular weight excluding hydrogens is 270 g/mol. The minimum Gasteiger partial charge on any atom is -0.379 e. The quantitative estimate of drug-likeness (QED) is 0.622. The van der Waals surface area contributed by atoms with E-state index in [1.807, 2.05) is 0 Å². The summed E-state index contributed by atoms with van der Waals surface area (Å²) in [4.78, 5) is 22.2. The second-order valence-corrected chi connectivity index (χ2v) is 6.11. The second-order valence-electron chi connectivity index (χ2n) is 6.11. The lowest BCUT2D eigenvalue weighted by Crippen LogP contribution is -2.16. The van der Waals surface area contributed by atoms with Crippen LogP contribution in [0.2, 0.25) is 0 Å². The van der Waals surface area contributed by atoms with Crippen molar-refractivity contribution in [3.63, 3.8) is 0 Å². The number of hydrogen-bond acceptors (Lipinski definition) is 4. The molecule has 0 bridgehead atoms. The Morgan fingerprint density at radius 1 is 1.43 bits per heavy atom. The highest BCUT2D eigenvalue weighted by Crippen LogP contribution is 2.50. The summed E-state index contributed by atoms with van der Waals surface area (Å²) in [6.45, 7) is 2.92. The van der Waals surface area contributed by atoms with Crippen LogP contribution in [0.4, 0.5) is 17.1 Å². The van der Waals surface area contributed by atoms with E-state index in [9.17, 15) is 14.9 Å². The summed E-state index contributed by atoms with van der Waals surface area (Å²) in [5.74, 6) is -0.110. The highest BCUT2D eigenvalue weighted by atomic mass is 16.6. The first-order valence-electron chi connectivity index (χ1n) is 7.38. The van der Waals surface area contributed by atoms with Gasteiger partial charge in [0.2, 0.25) is 5.91 Å². The molecule has 0 unspecified atom stereocenters. The number of anilines is 2. The van der Waals surface area contributed by atoms with Gasteiger partial charge in [-0.15, -0.1) is 0 Å². The van der Waals surface area contributed by atoms with E-state index < -0.39 is 0 Å². The van der Waals surface area contributed by atoms with Crippen LogP contribution in [0.1, 0.15) is 38.2 Å². The lowest BCUT2D eigenvalue weighted by Gasteiger charge is -2.16. The first-order chi connectivity index (χ1) is 10.0. The predicted octanol–water partition coefficient (Wildman–Crippen LogP) is 3.08. The van der Waals surface area contributed by atoms with E-state index in [4.69, 9.17) is 0 Å². The van der Waals surface area contributed by atoms with Crippen LogP contribution in [-0.4, -0.2) is 17.4 Å². The fourth-order valence-electron chi connectivity index (χ4n) is 3.06. The number of rotatable bonds is 6. The molecule has 2 N–H and O–H groups in total. The van der Waals surface area contributed by atoms with Crippen molar-refractivity contribution >= 4 is 23.0 Å². The maximum absolute atomic E-state index is 11.4. The highest BCUT2D eigenvalue weighted by Gasteiger charge is 2.41. The molecule has 1 aromatic carbocycles. The number of carbonyl (C=O) groups excluding carboxylic acids is 1. The van der Waals surface area contributed by atoms with Gasteiger partial charge < -0.3 is 10.6 Å². The van der Waals surface area contributed by atoms with E-state index in [1.54, 1.807) is 6.07 Å². The molecule has 6 heteroatoms. The molecule has 0 saturated heterocycles. The Labute approximate surface area is 123 Å². The summed E-state index contributed by atoms with van der Waals surface area (Å²) in [6.07, 6.45) is 4.86. The molecule has 1 fully saturated rings. The van der Waals surface area contributed by atoms with Gasteiger partial charge in [0.1, 0.15) is 5.69 Å². The third kappa shape index (κ3) is 2.70. The molecule has 0 atom stereocenters. The third-order valence-electron chi connectivity index (χ3n) is 4.43. The number of amides is 1. The molecule has 6 nitrogen and oxygen atoms in total. The number of fused-ring (bicyclic) bond motifs is 1. The topological polar surface area (TPSA) is 84.3 Å². The van der Waals surface area contributed by atoms with Gasteiger partial charge >= 0.3 is 0 Å². The van der Waals surface area contributed by atoms with Crippen molar-refractivity contribution in [1.82, 2.24) is 0 Å². The molecule has 3 rings (SSSR count). The van der Waals surface area contributed by atoms with Gasteiger partial charge in [0.25, 0.3) is 5.69 Å². The monoisotopic (exact) mass is 289 g/mol. The van der Waals surface area contributed by atoms with Gasteiger partial charge in [-0.05, 0) is 36.3 Å². The number of nitro groups is 1. The number of hydrogen-bond donors (Lipinski definition) is 2. The molecule has 1 aliphatic heterocycles. The van der Waals surface area contributed by atoms with Crippen molar-refractivity contribution < 1.29 is 9.72 Å². The van der Waals surface area contributed by atoms with Crippen LogP contribution >= 0.6 is 0 Å². The summed E-state index contributed by atoms with van der Waals surface area (Å²) >= 11 is 0. The van der Waals surface area contributed by atoms with Crippen LogP contribution < -0.4 is 10.6 Å². The summed E-state index contributed by atoms with van der Waals surface area (Å²) < 4.78 is 0. The SMILES string of the molecule is CCCC1(CNc2cc3c(cc2[N+](=O)[O-])CC(=O)N3)CC1. The molecule has 2 aliphatic rings. The lowest BCUT2D eigenvalue weighted by molar-refractivity contribution is -0.384.